The number of likely N-dealkylation sites (N-methyl/N-ethyl adjacent to an activating group) is 1. The van der Waals surface area contributed by atoms with E-state index in [4.69, 9.17) is 5.11 Å². The number of rotatable bonds is 3. The van der Waals surface area contributed by atoms with Crippen molar-refractivity contribution in [3.8, 4) is 0 Å². The summed E-state index contributed by atoms with van der Waals surface area (Å²) >= 11 is 0. The summed E-state index contributed by atoms with van der Waals surface area (Å²) in [5, 5.41) is 9.00. The number of carboxylic acid groups (broad SMARTS) is 1. The lowest BCUT2D eigenvalue weighted by Gasteiger charge is -2.32. The number of carboxylic acids is 1. The van der Waals surface area contributed by atoms with Crippen LogP contribution in [0.15, 0.2) is 42.6 Å². The van der Waals surface area contributed by atoms with Crippen molar-refractivity contribution in [3.63, 3.8) is 0 Å². The summed E-state index contributed by atoms with van der Waals surface area (Å²) in [4.78, 5) is 29.1. The Morgan fingerprint density at radius 2 is 1.96 bits per heavy atom. The van der Waals surface area contributed by atoms with Crippen LogP contribution in [0.4, 0.5) is 0 Å². The number of fused-ring (bicyclic) bond motifs is 1. The predicted octanol–water partition coefficient (Wildman–Crippen LogP) is 2.41. The lowest BCUT2D eigenvalue weighted by atomic mass is 9.87. The van der Waals surface area contributed by atoms with Gasteiger partial charge >= 0.3 is 5.97 Å². The van der Waals surface area contributed by atoms with Crippen LogP contribution < -0.4 is 0 Å². The van der Waals surface area contributed by atoms with Crippen LogP contribution >= 0.6 is 0 Å². The third-order valence-electron chi connectivity index (χ3n) is 4.41. The second-order valence-corrected chi connectivity index (χ2v) is 5.82. The van der Waals surface area contributed by atoms with Crippen molar-refractivity contribution in [3.05, 3.63) is 65.0 Å². The van der Waals surface area contributed by atoms with Crippen molar-refractivity contribution in [2.24, 2.45) is 0 Å². The molecule has 0 aliphatic heterocycles. The smallest absolute Gasteiger partial charge is 0.354 e. The van der Waals surface area contributed by atoms with Gasteiger partial charge in [0, 0.05) is 24.8 Å². The lowest BCUT2D eigenvalue weighted by molar-refractivity contribution is 0.0690. The minimum Gasteiger partial charge on any atom is -0.477 e. The van der Waals surface area contributed by atoms with Gasteiger partial charge in [0.2, 0.25) is 0 Å². The first-order valence-corrected chi connectivity index (χ1v) is 7.59. The van der Waals surface area contributed by atoms with Gasteiger partial charge in [-0.05, 0) is 42.5 Å². The molecule has 5 heteroatoms. The standard InChI is InChI=1S/C18H18N2O3/c1-20(15-7-6-12-4-2-3-5-13(12)10-15)17(21)14-8-9-19-16(11-14)18(22)23/h2-5,8-9,11,15H,6-7,10H2,1H3,(H,22,23). The van der Waals surface area contributed by atoms with Gasteiger partial charge in [0.1, 0.15) is 5.69 Å². The van der Waals surface area contributed by atoms with E-state index in [1.54, 1.807) is 18.0 Å². The monoisotopic (exact) mass is 310 g/mol. The molecule has 2 aromatic rings. The number of hydrogen-bond donors (Lipinski definition) is 1. The number of hydrogen-bond acceptors (Lipinski definition) is 3. The van der Waals surface area contributed by atoms with Gasteiger partial charge in [0.05, 0.1) is 0 Å². The maximum Gasteiger partial charge on any atom is 0.354 e. The highest BCUT2D eigenvalue weighted by Gasteiger charge is 2.26. The Morgan fingerprint density at radius 1 is 1.22 bits per heavy atom. The molecule has 1 aliphatic rings. The van der Waals surface area contributed by atoms with Crippen LogP contribution in [0.25, 0.3) is 0 Å². The van der Waals surface area contributed by atoms with Crippen molar-refractivity contribution in [2.45, 2.75) is 25.3 Å². The van der Waals surface area contributed by atoms with E-state index >= 15 is 0 Å². The summed E-state index contributed by atoms with van der Waals surface area (Å²) < 4.78 is 0. The number of nitrogens with zero attached hydrogens (tertiary/aromatic N) is 2. The molecule has 0 radical (unpaired) electrons. The van der Waals surface area contributed by atoms with Gasteiger partial charge < -0.3 is 10.0 Å². The topological polar surface area (TPSA) is 70.5 Å². The van der Waals surface area contributed by atoms with E-state index in [1.165, 1.54) is 23.4 Å². The van der Waals surface area contributed by atoms with Gasteiger partial charge in [-0.1, -0.05) is 24.3 Å². The minimum absolute atomic E-state index is 0.113. The van der Waals surface area contributed by atoms with Crippen LogP contribution in [0.2, 0.25) is 0 Å². The third-order valence-corrected chi connectivity index (χ3v) is 4.41. The van der Waals surface area contributed by atoms with Crippen molar-refractivity contribution in [1.82, 2.24) is 9.88 Å². The van der Waals surface area contributed by atoms with E-state index in [0.717, 1.165) is 19.3 Å². The molecule has 1 amide bonds. The molecule has 1 aliphatic carbocycles. The van der Waals surface area contributed by atoms with Gasteiger partial charge in [-0.2, -0.15) is 0 Å². The zero-order valence-electron chi connectivity index (χ0n) is 12.9. The van der Waals surface area contributed by atoms with Gasteiger partial charge in [-0.3, -0.25) is 4.79 Å². The Labute approximate surface area is 134 Å². The Balaban J connectivity index is 1.78. The van der Waals surface area contributed by atoms with E-state index in [1.807, 2.05) is 12.1 Å². The normalized spacial score (nSPS) is 16.5. The van der Waals surface area contributed by atoms with Crippen molar-refractivity contribution in [2.75, 3.05) is 7.05 Å². The molecular weight excluding hydrogens is 292 g/mol. The summed E-state index contributed by atoms with van der Waals surface area (Å²) in [5.41, 5.74) is 2.88. The molecule has 3 rings (SSSR count). The highest BCUT2D eigenvalue weighted by atomic mass is 16.4. The van der Waals surface area contributed by atoms with E-state index in [0.29, 0.717) is 5.56 Å². The molecule has 0 saturated heterocycles. The van der Waals surface area contributed by atoms with Gasteiger partial charge in [-0.25, -0.2) is 9.78 Å². The van der Waals surface area contributed by atoms with E-state index in [-0.39, 0.29) is 17.6 Å². The zero-order valence-corrected chi connectivity index (χ0v) is 12.9. The molecule has 0 bridgehead atoms. The Morgan fingerprint density at radius 3 is 2.70 bits per heavy atom. The first-order chi connectivity index (χ1) is 11.1. The maximum absolute atomic E-state index is 12.6. The zero-order chi connectivity index (χ0) is 16.4. The lowest BCUT2D eigenvalue weighted by Crippen LogP contribution is -2.40. The van der Waals surface area contributed by atoms with Gasteiger partial charge in [-0.15, -0.1) is 0 Å². The highest BCUT2D eigenvalue weighted by Crippen LogP contribution is 2.24. The number of carbonyl (C=O) groups excluding carboxylic acids is 1. The number of benzene rings is 1. The summed E-state index contributed by atoms with van der Waals surface area (Å²) in [6.07, 6.45) is 4.06. The second-order valence-electron chi connectivity index (χ2n) is 5.82. The Kier molecular flexibility index (Phi) is 4.10. The van der Waals surface area contributed by atoms with Crippen LogP contribution in [-0.4, -0.2) is 40.0 Å². The maximum atomic E-state index is 12.6. The number of carbonyl (C=O) groups is 2. The Bertz CT molecular complexity index is 757. The minimum atomic E-state index is -1.13. The summed E-state index contributed by atoms with van der Waals surface area (Å²) in [6.45, 7) is 0. The van der Waals surface area contributed by atoms with Crippen LogP contribution in [0.1, 0.15) is 38.4 Å². The van der Waals surface area contributed by atoms with Crippen LogP contribution in [0.5, 0.6) is 0 Å². The molecular formula is C18H18N2O3. The molecule has 0 spiro atoms. The van der Waals surface area contributed by atoms with Crippen LogP contribution in [0.3, 0.4) is 0 Å². The summed E-state index contributed by atoms with van der Waals surface area (Å²) in [5.74, 6) is -1.30. The van der Waals surface area contributed by atoms with Crippen LogP contribution in [-0.2, 0) is 12.8 Å². The first kappa shape index (κ1) is 15.2. The number of aromatic nitrogens is 1. The van der Waals surface area contributed by atoms with Crippen LogP contribution in [0, 0.1) is 0 Å². The fourth-order valence-electron chi connectivity index (χ4n) is 3.06. The van der Waals surface area contributed by atoms with Crippen molar-refractivity contribution >= 4 is 11.9 Å². The van der Waals surface area contributed by atoms with Crippen molar-refractivity contribution in [1.29, 1.82) is 0 Å². The highest BCUT2D eigenvalue weighted by molar-refractivity contribution is 5.96. The molecule has 0 saturated carbocycles. The summed E-state index contributed by atoms with van der Waals surface area (Å²) in [6, 6.07) is 11.3. The predicted molar refractivity (Wildman–Crippen MR) is 85.5 cm³/mol. The number of aryl methyl sites for hydroxylation is 1. The molecule has 1 aromatic carbocycles. The second kappa shape index (κ2) is 6.20. The molecule has 1 unspecified atom stereocenters. The molecule has 0 fully saturated rings. The number of amides is 1. The fraction of sp³-hybridized carbons (Fsp3) is 0.278. The van der Waals surface area contributed by atoms with E-state index in [9.17, 15) is 9.59 Å². The van der Waals surface area contributed by atoms with Gasteiger partial charge in [0.15, 0.2) is 0 Å². The number of pyridine rings is 1. The SMILES string of the molecule is CN(C(=O)c1ccnc(C(=O)O)c1)C1CCc2ccccc2C1. The third kappa shape index (κ3) is 3.08. The molecule has 1 atom stereocenters. The number of aromatic carboxylic acids is 1. The quantitative estimate of drug-likeness (QED) is 0.945. The first-order valence-electron chi connectivity index (χ1n) is 7.59. The molecule has 1 N–H and O–H groups in total. The van der Waals surface area contributed by atoms with E-state index < -0.39 is 5.97 Å². The molecule has 1 aromatic heterocycles. The van der Waals surface area contributed by atoms with E-state index in [2.05, 4.69) is 17.1 Å². The summed E-state index contributed by atoms with van der Waals surface area (Å²) in [7, 11) is 1.78. The average molecular weight is 310 g/mol. The van der Waals surface area contributed by atoms with Crippen molar-refractivity contribution < 1.29 is 14.7 Å². The van der Waals surface area contributed by atoms with Gasteiger partial charge in [0.25, 0.3) is 5.91 Å². The molecule has 118 valence electrons. The Hall–Kier alpha value is -2.69. The molecule has 5 nitrogen and oxygen atoms in total. The molecule has 1 heterocycles. The molecule has 23 heavy (non-hydrogen) atoms. The largest absolute Gasteiger partial charge is 0.477 e. The fourth-order valence-corrected chi connectivity index (χ4v) is 3.06. The average Bonchev–Trinajstić information content (AvgIpc) is 2.60.